The summed E-state index contributed by atoms with van der Waals surface area (Å²) in [6.07, 6.45) is 4.18. The standard InChI is InChI=1S/C15H20N4O3/c1-5-11-8-17-12(9-16-11)19-7-6-18(10-13(19)20)14(21)22-15(2,3)4/h5,8-9H,1,6-7,10H2,2-4H3. The Balaban J connectivity index is 2.02. The van der Waals surface area contributed by atoms with Gasteiger partial charge in [0.25, 0.3) is 0 Å². The predicted octanol–water partition coefficient (Wildman–Crippen LogP) is 1.70. The third-order valence-electron chi connectivity index (χ3n) is 3.02. The molecular formula is C15H20N4O3. The molecule has 22 heavy (non-hydrogen) atoms. The molecule has 0 N–H and O–H groups in total. The van der Waals surface area contributed by atoms with Gasteiger partial charge in [-0.3, -0.25) is 19.6 Å². The Morgan fingerprint density at radius 1 is 1.32 bits per heavy atom. The maximum absolute atomic E-state index is 12.2. The molecule has 0 spiro atoms. The third kappa shape index (κ3) is 3.81. The quantitative estimate of drug-likeness (QED) is 0.831. The molecule has 2 heterocycles. The lowest BCUT2D eigenvalue weighted by atomic mass is 10.2. The van der Waals surface area contributed by atoms with E-state index in [1.54, 1.807) is 33.0 Å². The molecule has 2 rings (SSSR count). The maximum Gasteiger partial charge on any atom is 0.410 e. The number of rotatable bonds is 2. The average molecular weight is 304 g/mol. The number of ether oxygens (including phenoxy) is 1. The normalized spacial score (nSPS) is 15.7. The molecule has 7 nitrogen and oxygen atoms in total. The number of carbonyl (C=O) groups is 2. The fourth-order valence-electron chi connectivity index (χ4n) is 1.97. The van der Waals surface area contributed by atoms with Crippen molar-refractivity contribution < 1.29 is 14.3 Å². The number of hydrogen-bond acceptors (Lipinski definition) is 5. The molecule has 7 heteroatoms. The summed E-state index contributed by atoms with van der Waals surface area (Å²) in [5.41, 5.74) is 0.0621. The van der Waals surface area contributed by atoms with Crippen LogP contribution in [0.4, 0.5) is 10.6 Å². The van der Waals surface area contributed by atoms with Crippen molar-refractivity contribution in [3.05, 3.63) is 24.7 Å². The smallest absolute Gasteiger partial charge is 0.410 e. The number of hydrogen-bond donors (Lipinski definition) is 0. The van der Waals surface area contributed by atoms with Crippen molar-refractivity contribution in [2.24, 2.45) is 0 Å². The average Bonchev–Trinajstić information content (AvgIpc) is 2.45. The van der Waals surface area contributed by atoms with Gasteiger partial charge in [-0.2, -0.15) is 0 Å². The van der Waals surface area contributed by atoms with Crippen molar-refractivity contribution in [1.29, 1.82) is 0 Å². The minimum atomic E-state index is -0.580. The summed E-state index contributed by atoms with van der Waals surface area (Å²) < 4.78 is 5.27. The first-order valence-electron chi connectivity index (χ1n) is 7.03. The zero-order valence-electron chi connectivity index (χ0n) is 13.1. The first kappa shape index (κ1) is 15.9. The summed E-state index contributed by atoms with van der Waals surface area (Å²) in [4.78, 5) is 35.4. The number of nitrogens with zero attached hydrogens (tertiary/aromatic N) is 4. The first-order valence-corrected chi connectivity index (χ1v) is 7.03. The summed E-state index contributed by atoms with van der Waals surface area (Å²) in [5, 5.41) is 0. The highest BCUT2D eigenvalue weighted by atomic mass is 16.6. The van der Waals surface area contributed by atoms with Crippen molar-refractivity contribution in [3.63, 3.8) is 0 Å². The van der Waals surface area contributed by atoms with Gasteiger partial charge < -0.3 is 4.74 Å². The van der Waals surface area contributed by atoms with Gasteiger partial charge in [0.15, 0.2) is 5.82 Å². The van der Waals surface area contributed by atoms with Crippen molar-refractivity contribution >= 4 is 23.9 Å². The molecule has 0 unspecified atom stereocenters. The minimum Gasteiger partial charge on any atom is -0.444 e. The Labute approximate surface area is 129 Å². The van der Waals surface area contributed by atoms with Crippen LogP contribution < -0.4 is 4.90 Å². The number of amides is 2. The van der Waals surface area contributed by atoms with Crippen molar-refractivity contribution in [3.8, 4) is 0 Å². The molecule has 0 bridgehead atoms. The first-order chi connectivity index (χ1) is 10.3. The molecule has 1 saturated heterocycles. The van der Waals surface area contributed by atoms with Gasteiger partial charge in [-0.05, 0) is 26.8 Å². The van der Waals surface area contributed by atoms with E-state index in [1.807, 2.05) is 0 Å². The van der Waals surface area contributed by atoms with Crippen LogP contribution in [0.25, 0.3) is 6.08 Å². The van der Waals surface area contributed by atoms with Gasteiger partial charge in [-0.1, -0.05) is 6.58 Å². The van der Waals surface area contributed by atoms with Crippen LogP contribution in [0, 0.1) is 0 Å². The minimum absolute atomic E-state index is 0.0280. The molecule has 0 saturated carbocycles. The molecule has 1 fully saturated rings. The summed E-state index contributed by atoms with van der Waals surface area (Å²) in [7, 11) is 0. The number of aromatic nitrogens is 2. The monoisotopic (exact) mass is 304 g/mol. The molecule has 0 aromatic carbocycles. The zero-order chi connectivity index (χ0) is 16.3. The Bertz CT molecular complexity index is 577. The molecule has 0 aliphatic carbocycles. The molecule has 2 amide bonds. The summed E-state index contributed by atoms with van der Waals surface area (Å²) in [6.45, 7) is 9.71. The molecule has 1 aromatic rings. The SMILES string of the molecule is C=Cc1cnc(N2CCN(C(=O)OC(C)(C)C)CC2=O)cn1. The van der Waals surface area contributed by atoms with Gasteiger partial charge in [0, 0.05) is 13.1 Å². The zero-order valence-corrected chi connectivity index (χ0v) is 13.1. The molecular weight excluding hydrogens is 284 g/mol. The van der Waals surface area contributed by atoms with Crippen molar-refractivity contribution in [2.45, 2.75) is 26.4 Å². The van der Waals surface area contributed by atoms with Crippen molar-refractivity contribution in [1.82, 2.24) is 14.9 Å². The number of anilines is 1. The van der Waals surface area contributed by atoms with Crippen LogP contribution in [0.5, 0.6) is 0 Å². The van der Waals surface area contributed by atoms with Gasteiger partial charge in [0.1, 0.15) is 12.1 Å². The second-order valence-corrected chi connectivity index (χ2v) is 5.95. The summed E-state index contributed by atoms with van der Waals surface area (Å²) in [6, 6.07) is 0. The molecule has 1 aliphatic heterocycles. The van der Waals surface area contributed by atoms with E-state index < -0.39 is 11.7 Å². The van der Waals surface area contributed by atoms with Crippen LogP contribution in [-0.4, -0.2) is 52.1 Å². The van der Waals surface area contributed by atoms with E-state index in [2.05, 4.69) is 16.5 Å². The van der Waals surface area contributed by atoms with Gasteiger partial charge in [-0.25, -0.2) is 9.78 Å². The molecule has 1 aliphatic rings. The van der Waals surface area contributed by atoms with E-state index in [0.717, 1.165) is 0 Å². The highest BCUT2D eigenvalue weighted by molar-refractivity contribution is 5.96. The lowest BCUT2D eigenvalue weighted by Crippen LogP contribution is -2.53. The number of carbonyl (C=O) groups excluding carboxylic acids is 2. The Kier molecular flexibility index (Phi) is 4.44. The summed E-state index contributed by atoms with van der Waals surface area (Å²) >= 11 is 0. The fourth-order valence-corrected chi connectivity index (χ4v) is 1.97. The van der Waals surface area contributed by atoms with Crippen LogP contribution in [0.2, 0.25) is 0 Å². The topological polar surface area (TPSA) is 75.6 Å². The van der Waals surface area contributed by atoms with E-state index in [4.69, 9.17) is 4.74 Å². The van der Waals surface area contributed by atoms with E-state index in [-0.39, 0.29) is 12.5 Å². The molecule has 0 radical (unpaired) electrons. The largest absolute Gasteiger partial charge is 0.444 e. The highest BCUT2D eigenvalue weighted by Crippen LogP contribution is 2.16. The van der Waals surface area contributed by atoms with Crippen LogP contribution in [0.1, 0.15) is 26.5 Å². The molecule has 118 valence electrons. The maximum atomic E-state index is 12.2. The van der Waals surface area contributed by atoms with Gasteiger partial charge in [0.05, 0.1) is 18.1 Å². The number of piperazine rings is 1. The lowest BCUT2D eigenvalue weighted by molar-refractivity contribution is -0.121. The fraction of sp³-hybridized carbons (Fsp3) is 0.467. The van der Waals surface area contributed by atoms with Gasteiger partial charge in [-0.15, -0.1) is 0 Å². The lowest BCUT2D eigenvalue weighted by Gasteiger charge is -2.34. The van der Waals surface area contributed by atoms with E-state index in [0.29, 0.717) is 24.6 Å². The Morgan fingerprint density at radius 2 is 2.05 bits per heavy atom. The van der Waals surface area contributed by atoms with E-state index in [9.17, 15) is 9.59 Å². The van der Waals surface area contributed by atoms with Gasteiger partial charge >= 0.3 is 6.09 Å². The van der Waals surface area contributed by atoms with E-state index >= 15 is 0 Å². The predicted molar refractivity (Wildman–Crippen MR) is 82.3 cm³/mol. The third-order valence-corrected chi connectivity index (χ3v) is 3.02. The van der Waals surface area contributed by atoms with Gasteiger partial charge in [0.2, 0.25) is 5.91 Å². The van der Waals surface area contributed by atoms with Crippen LogP contribution in [0.15, 0.2) is 19.0 Å². The van der Waals surface area contributed by atoms with Crippen LogP contribution >= 0.6 is 0 Å². The molecule has 1 aromatic heterocycles. The summed E-state index contributed by atoms with van der Waals surface area (Å²) in [5.74, 6) is 0.261. The highest BCUT2D eigenvalue weighted by Gasteiger charge is 2.31. The van der Waals surface area contributed by atoms with Crippen LogP contribution in [-0.2, 0) is 9.53 Å². The second kappa shape index (κ2) is 6.13. The second-order valence-electron chi connectivity index (χ2n) is 5.95. The Morgan fingerprint density at radius 3 is 2.55 bits per heavy atom. The molecule has 0 atom stereocenters. The van der Waals surface area contributed by atoms with Crippen LogP contribution in [0.3, 0.4) is 0 Å². The Hall–Kier alpha value is -2.44. The van der Waals surface area contributed by atoms with Crippen molar-refractivity contribution in [2.75, 3.05) is 24.5 Å². The van der Waals surface area contributed by atoms with E-state index in [1.165, 1.54) is 16.0 Å².